The lowest BCUT2D eigenvalue weighted by atomic mass is 9.71. The number of carbonyl (C=O) groups is 3. The minimum Gasteiger partial charge on any atom is -0.462 e. The Bertz CT molecular complexity index is 1480. The quantitative estimate of drug-likeness (QED) is 0.0956. The Kier molecular flexibility index (Phi) is 10.4. The lowest BCUT2D eigenvalue weighted by Gasteiger charge is -2.35. The van der Waals surface area contributed by atoms with Gasteiger partial charge in [0.05, 0.1) is 12.5 Å². The van der Waals surface area contributed by atoms with Crippen LogP contribution in [0, 0.1) is 69.0 Å². The van der Waals surface area contributed by atoms with Crippen LogP contribution in [-0.4, -0.2) is 72.6 Å². The van der Waals surface area contributed by atoms with Crippen LogP contribution in [0.25, 0.3) is 0 Å². The number of rotatable bonds is 15. The van der Waals surface area contributed by atoms with Gasteiger partial charge in [-0.3, -0.25) is 14.4 Å². The number of amides is 2. The SMILES string of the molecule is C=C(C)C(=O)N(CCC(=O)OC1CC2(C)CCC1C2(C)C)CC1CC2C3CC(CN(CCCOC4CC5(C)CCC4C5(C)C)C(=O)C(=C)C)C(C3)C2C1. The molecule has 0 aromatic rings. The van der Waals surface area contributed by atoms with Crippen LogP contribution in [0.5, 0.6) is 0 Å². The molecule has 0 spiro atoms. The van der Waals surface area contributed by atoms with Crippen molar-refractivity contribution in [2.75, 3.05) is 32.8 Å². The molecule has 7 aliphatic carbocycles. The van der Waals surface area contributed by atoms with Crippen molar-refractivity contribution < 1.29 is 23.9 Å². The summed E-state index contributed by atoms with van der Waals surface area (Å²) in [6.07, 6.45) is 13.3. The van der Waals surface area contributed by atoms with Gasteiger partial charge in [-0.2, -0.15) is 0 Å². The number of fused-ring (bicyclic) bond motifs is 9. The van der Waals surface area contributed by atoms with E-state index in [0.29, 0.717) is 95.1 Å². The van der Waals surface area contributed by atoms with Crippen molar-refractivity contribution in [3.05, 3.63) is 24.3 Å². The number of esters is 1. The lowest BCUT2D eigenvalue weighted by Crippen LogP contribution is -2.40. The highest BCUT2D eigenvalue weighted by molar-refractivity contribution is 5.92. The van der Waals surface area contributed by atoms with Crippen molar-refractivity contribution in [2.45, 2.75) is 145 Å². The molecule has 12 atom stereocenters. The molecular formula is C46H72N2O5. The van der Waals surface area contributed by atoms with Crippen LogP contribution in [0.1, 0.15) is 132 Å². The summed E-state index contributed by atoms with van der Waals surface area (Å²) in [5.41, 5.74) is 2.31. The molecule has 7 nitrogen and oxygen atoms in total. The summed E-state index contributed by atoms with van der Waals surface area (Å²) in [6, 6.07) is 0. The molecular weight excluding hydrogens is 661 g/mol. The number of carbonyl (C=O) groups excluding carboxylic acids is 3. The molecule has 0 aliphatic heterocycles. The normalized spacial score (nSPS) is 40.8. The van der Waals surface area contributed by atoms with E-state index < -0.39 is 0 Å². The number of nitrogens with zero attached hydrogens (tertiary/aromatic N) is 2. The fourth-order valence-electron chi connectivity index (χ4n) is 14.0. The topological polar surface area (TPSA) is 76.2 Å². The molecule has 296 valence electrons. The van der Waals surface area contributed by atoms with Gasteiger partial charge in [-0.15, -0.1) is 0 Å². The fourth-order valence-corrected chi connectivity index (χ4v) is 14.0. The van der Waals surface area contributed by atoms with Gasteiger partial charge in [0.25, 0.3) is 0 Å². The maximum atomic E-state index is 13.4. The average molecular weight is 733 g/mol. The molecule has 7 saturated carbocycles. The molecule has 7 fully saturated rings. The summed E-state index contributed by atoms with van der Waals surface area (Å²) in [4.78, 5) is 44.0. The third kappa shape index (κ3) is 6.77. The monoisotopic (exact) mass is 733 g/mol. The van der Waals surface area contributed by atoms with Gasteiger partial charge in [-0.1, -0.05) is 54.7 Å². The molecule has 12 unspecified atom stereocenters. The van der Waals surface area contributed by atoms with Gasteiger partial charge in [0, 0.05) is 49.9 Å². The Morgan fingerprint density at radius 2 is 1.26 bits per heavy atom. The van der Waals surface area contributed by atoms with Crippen LogP contribution in [-0.2, 0) is 23.9 Å². The van der Waals surface area contributed by atoms with Crippen LogP contribution in [0.3, 0.4) is 0 Å². The van der Waals surface area contributed by atoms with Crippen molar-refractivity contribution in [1.82, 2.24) is 9.80 Å². The smallest absolute Gasteiger partial charge is 0.307 e. The molecule has 7 heteroatoms. The van der Waals surface area contributed by atoms with E-state index in [1.54, 1.807) is 6.92 Å². The van der Waals surface area contributed by atoms with E-state index in [9.17, 15) is 14.4 Å². The average Bonchev–Trinajstić information content (AvgIpc) is 3.91. The summed E-state index contributed by atoms with van der Waals surface area (Å²) in [7, 11) is 0. The predicted molar refractivity (Wildman–Crippen MR) is 210 cm³/mol. The third-order valence-corrected chi connectivity index (χ3v) is 17.9. The van der Waals surface area contributed by atoms with Gasteiger partial charge in [0.15, 0.2) is 0 Å². The van der Waals surface area contributed by atoms with Gasteiger partial charge < -0.3 is 19.3 Å². The Morgan fingerprint density at radius 3 is 1.81 bits per heavy atom. The molecule has 7 aliphatic rings. The summed E-state index contributed by atoms with van der Waals surface area (Å²) >= 11 is 0. The van der Waals surface area contributed by atoms with E-state index >= 15 is 0 Å². The van der Waals surface area contributed by atoms with E-state index in [1.165, 1.54) is 38.5 Å². The van der Waals surface area contributed by atoms with Gasteiger partial charge in [-0.05, 0) is 148 Å². The highest BCUT2D eigenvalue weighted by Gasteiger charge is 2.62. The van der Waals surface area contributed by atoms with E-state index in [4.69, 9.17) is 9.47 Å². The van der Waals surface area contributed by atoms with E-state index in [-0.39, 0.29) is 41.1 Å². The van der Waals surface area contributed by atoms with E-state index in [0.717, 1.165) is 45.2 Å². The molecule has 0 N–H and O–H groups in total. The van der Waals surface area contributed by atoms with Crippen molar-refractivity contribution in [2.24, 2.45) is 69.0 Å². The van der Waals surface area contributed by atoms with Gasteiger partial charge in [0.1, 0.15) is 6.10 Å². The molecule has 0 saturated heterocycles. The minimum absolute atomic E-state index is 0.00234. The number of hydrogen-bond donors (Lipinski definition) is 0. The van der Waals surface area contributed by atoms with Crippen LogP contribution >= 0.6 is 0 Å². The van der Waals surface area contributed by atoms with Gasteiger partial charge >= 0.3 is 5.97 Å². The first-order chi connectivity index (χ1) is 24.8. The van der Waals surface area contributed by atoms with Crippen molar-refractivity contribution in [3.63, 3.8) is 0 Å². The second-order valence-corrected chi connectivity index (χ2v) is 21.2. The Hall–Kier alpha value is -2.15. The zero-order valence-electron chi connectivity index (χ0n) is 34.6. The molecule has 0 radical (unpaired) electrons. The largest absolute Gasteiger partial charge is 0.462 e. The maximum absolute atomic E-state index is 13.4. The number of hydrogen-bond acceptors (Lipinski definition) is 5. The number of ether oxygens (including phenoxy) is 2. The van der Waals surface area contributed by atoms with Crippen molar-refractivity contribution in [3.8, 4) is 0 Å². The Labute approximate surface area is 321 Å². The highest BCUT2D eigenvalue weighted by Crippen LogP contribution is 2.67. The highest BCUT2D eigenvalue weighted by atomic mass is 16.5. The first-order valence-electron chi connectivity index (χ1n) is 21.6. The predicted octanol–water partition coefficient (Wildman–Crippen LogP) is 8.86. The van der Waals surface area contributed by atoms with Crippen LogP contribution < -0.4 is 0 Å². The first-order valence-corrected chi connectivity index (χ1v) is 21.6. The summed E-state index contributed by atoms with van der Waals surface area (Å²) in [5.74, 6) is 4.62. The van der Waals surface area contributed by atoms with E-state index in [2.05, 4.69) is 59.6 Å². The van der Waals surface area contributed by atoms with E-state index in [1.807, 2.05) is 11.8 Å². The molecule has 0 aromatic heterocycles. The summed E-state index contributed by atoms with van der Waals surface area (Å²) in [5, 5.41) is 0. The van der Waals surface area contributed by atoms with Crippen LogP contribution in [0.15, 0.2) is 24.3 Å². The fraction of sp³-hybridized carbons (Fsp3) is 0.848. The third-order valence-electron chi connectivity index (χ3n) is 17.9. The molecule has 7 rings (SSSR count). The minimum atomic E-state index is -0.171. The molecule has 2 amide bonds. The standard InChI is InChI=1S/C46H72N2O5/c1-28(2)41(50)47(17-11-19-52-38-24-45(9)15-12-36(38)43(45,5)6)27-32-22-31-23-34(32)35-21-30(20-33(31)35)26-48(42(51)29(3)4)18-14-40(49)53-39-25-46(10)16-13-37(39)44(46,7)8/h30-39H,1,3,11-27H2,2,4-10H3. The Morgan fingerprint density at radius 1 is 0.698 bits per heavy atom. The maximum Gasteiger partial charge on any atom is 0.307 e. The summed E-state index contributed by atoms with van der Waals surface area (Å²) < 4.78 is 12.7. The van der Waals surface area contributed by atoms with Crippen LogP contribution in [0.4, 0.5) is 0 Å². The molecule has 0 aromatic carbocycles. The van der Waals surface area contributed by atoms with Crippen LogP contribution in [0.2, 0.25) is 0 Å². The zero-order valence-corrected chi connectivity index (χ0v) is 34.6. The van der Waals surface area contributed by atoms with Gasteiger partial charge in [0.2, 0.25) is 11.8 Å². The summed E-state index contributed by atoms with van der Waals surface area (Å²) in [6.45, 7) is 29.3. The molecule has 6 bridgehead atoms. The Balaban J connectivity index is 0.903. The molecule has 0 heterocycles. The van der Waals surface area contributed by atoms with Gasteiger partial charge in [-0.25, -0.2) is 0 Å². The zero-order chi connectivity index (χ0) is 38.2. The van der Waals surface area contributed by atoms with Crippen molar-refractivity contribution in [1.29, 1.82) is 0 Å². The lowest BCUT2D eigenvalue weighted by molar-refractivity contribution is -0.153. The van der Waals surface area contributed by atoms with Crippen molar-refractivity contribution >= 4 is 17.8 Å². The second-order valence-electron chi connectivity index (χ2n) is 21.2. The molecule has 53 heavy (non-hydrogen) atoms. The first kappa shape index (κ1) is 39.1. The second kappa shape index (κ2) is 14.1.